The van der Waals surface area contributed by atoms with Crippen LogP contribution in [0.15, 0.2) is 35.0 Å². The molecular weight excluding hydrogens is 415 g/mol. The van der Waals surface area contributed by atoms with Crippen LogP contribution in [0.4, 0.5) is 5.69 Å². The van der Waals surface area contributed by atoms with Gasteiger partial charge in [-0.1, -0.05) is 55.7 Å². The van der Waals surface area contributed by atoms with Crippen LogP contribution in [0.25, 0.3) is 0 Å². The van der Waals surface area contributed by atoms with Gasteiger partial charge in [0.2, 0.25) is 0 Å². The molecule has 1 aromatic carbocycles. The van der Waals surface area contributed by atoms with E-state index in [1.807, 2.05) is 12.1 Å². The lowest BCUT2D eigenvalue weighted by molar-refractivity contribution is 0.158. The van der Waals surface area contributed by atoms with E-state index in [-0.39, 0.29) is 0 Å². The summed E-state index contributed by atoms with van der Waals surface area (Å²) in [5.74, 6) is 3.21. The Morgan fingerprint density at radius 1 is 1.20 bits per heavy atom. The van der Waals surface area contributed by atoms with E-state index in [1.165, 1.54) is 43.4 Å². The first-order valence-electron chi connectivity index (χ1n) is 11.1. The van der Waals surface area contributed by atoms with Gasteiger partial charge < -0.3 is 9.84 Å². The molecule has 162 valence electrons. The molecule has 1 heterocycles. The number of benzene rings is 1. The van der Waals surface area contributed by atoms with Crippen LogP contribution < -0.4 is 5.32 Å². The van der Waals surface area contributed by atoms with Crippen LogP contribution >= 0.6 is 23.2 Å². The Kier molecular flexibility index (Phi) is 6.23. The average Bonchev–Trinajstić information content (AvgIpc) is 3.37. The van der Waals surface area contributed by atoms with E-state index in [0.29, 0.717) is 27.3 Å². The molecule has 1 N–H and O–H groups in total. The summed E-state index contributed by atoms with van der Waals surface area (Å²) < 4.78 is 5.93. The molecule has 0 atom stereocenters. The number of anilines is 1. The first-order valence-corrected chi connectivity index (χ1v) is 11.8. The molecule has 0 radical (unpaired) electrons. The Morgan fingerprint density at radius 3 is 2.57 bits per heavy atom. The number of allylic oxidation sites excluding steroid dienone is 1. The van der Waals surface area contributed by atoms with Gasteiger partial charge in [-0.25, -0.2) is 0 Å². The molecule has 2 aliphatic rings. The summed E-state index contributed by atoms with van der Waals surface area (Å²) in [4.78, 5) is 0. The molecule has 0 amide bonds. The van der Waals surface area contributed by atoms with Crippen molar-refractivity contribution in [1.29, 1.82) is 0 Å². The molecule has 3 nitrogen and oxygen atoms in total. The highest BCUT2D eigenvalue weighted by atomic mass is 35.5. The van der Waals surface area contributed by atoms with Crippen LogP contribution in [0.1, 0.15) is 88.1 Å². The van der Waals surface area contributed by atoms with E-state index in [9.17, 15) is 0 Å². The lowest BCUT2D eigenvalue weighted by Crippen LogP contribution is -2.26. The molecule has 1 aromatic heterocycles. The Bertz CT molecular complexity index is 918. The van der Waals surface area contributed by atoms with Crippen LogP contribution in [-0.2, 0) is 6.42 Å². The van der Waals surface area contributed by atoms with Crippen molar-refractivity contribution in [2.45, 2.75) is 77.6 Å². The molecule has 0 saturated heterocycles. The summed E-state index contributed by atoms with van der Waals surface area (Å²) in [5, 5.41) is 9.03. The van der Waals surface area contributed by atoms with Gasteiger partial charge in [0.25, 0.3) is 0 Å². The van der Waals surface area contributed by atoms with Crippen molar-refractivity contribution in [2.24, 2.45) is 11.3 Å². The second-order valence-corrected chi connectivity index (χ2v) is 11.2. The van der Waals surface area contributed by atoms with Crippen LogP contribution in [0.5, 0.6) is 0 Å². The van der Waals surface area contributed by atoms with Crippen molar-refractivity contribution in [3.63, 3.8) is 0 Å². The number of hydrogen-bond donors (Lipinski definition) is 1. The van der Waals surface area contributed by atoms with E-state index in [2.05, 4.69) is 37.8 Å². The third-order valence-electron chi connectivity index (χ3n) is 6.23. The lowest BCUT2D eigenvalue weighted by atomic mass is 9.67. The van der Waals surface area contributed by atoms with Crippen molar-refractivity contribution < 1.29 is 4.52 Å². The molecule has 0 aliphatic heterocycles. The molecule has 2 fully saturated rings. The maximum absolute atomic E-state index is 6.26. The maximum Gasteiger partial charge on any atom is 0.143 e. The topological polar surface area (TPSA) is 38.1 Å². The number of nitrogens with zero attached hydrogens (tertiary/aromatic N) is 1. The van der Waals surface area contributed by atoms with Gasteiger partial charge in [0.15, 0.2) is 0 Å². The van der Waals surface area contributed by atoms with Gasteiger partial charge in [0, 0.05) is 22.2 Å². The summed E-state index contributed by atoms with van der Waals surface area (Å²) in [7, 11) is 0. The molecule has 2 saturated carbocycles. The van der Waals surface area contributed by atoms with Crippen LogP contribution in [0.3, 0.4) is 0 Å². The molecule has 0 spiro atoms. The largest absolute Gasteiger partial charge is 0.361 e. The van der Waals surface area contributed by atoms with E-state index in [1.54, 1.807) is 6.07 Å². The van der Waals surface area contributed by atoms with E-state index < -0.39 is 0 Å². The minimum absolute atomic E-state index is 0.405. The third-order valence-corrected chi connectivity index (χ3v) is 6.78. The maximum atomic E-state index is 6.26. The third kappa shape index (κ3) is 5.23. The molecule has 0 bridgehead atoms. The lowest BCUT2D eigenvalue weighted by Gasteiger charge is -2.38. The van der Waals surface area contributed by atoms with Gasteiger partial charge in [-0.2, -0.15) is 0 Å². The fourth-order valence-electron chi connectivity index (χ4n) is 4.72. The zero-order chi connectivity index (χ0) is 21.5. The predicted octanol–water partition coefficient (Wildman–Crippen LogP) is 8.35. The van der Waals surface area contributed by atoms with Crippen LogP contribution in [0, 0.1) is 11.3 Å². The highest BCUT2D eigenvalue weighted by molar-refractivity contribution is 6.36. The molecule has 5 heteroatoms. The summed E-state index contributed by atoms with van der Waals surface area (Å²) in [6.45, 7) is 11.2. The fourth-order valence-corrected chi connectivity index (χ4v) is 5.18. The highest BCUT2D eigenvalue weighted by Gasteiger charge is 2.40. The first-order chi connectivity index (χ1) is 14.2. The van der Waals surface area contributed by atoms with Crippen molar-refractivity contribution in [1.82, 2.24) is 5.16 Å². The van der Waals surface area contributed by atoms with Crippen LogP contribution in [0.2, 0.25) is 10.0 Å². The number of nitrogens with one attached hydrogen (secondary N) is 1. The van der Waals surface area contributed by atoms with Crippen molar-refractivity contribution in [2.75, 3.05) is 5.32 Å². The summed E-state index contributed by atoms with van der Waals surface area (Å²) in [5.41, 5.74) is 4.68. The Hall–Kier alpha value is -1.45. The number of aromatic nitrogens is 1. The predicted molar refractivity (Wildman–Crippen MR) is 126 cm³/mol. The highest BCUT2D eigenvalue weighted by Crippen LogP contribution is 2.52. The summed E-state index contributed by atoms with van der Waals surface area (Å²) in [6, 6.07) is 5.44. The number of aryl methyl sites for hydroxylation is 1. The Morgan fingerprint density at radius 2 is 1.93 bits per heavy atom. The average molecular weight is 447 g/mol. The zero-order valence-corrected chi connectivity index (χ0v) is 19.7. The monoisotopic (exact) mass is 446 g/mol. The van der Waals surface area contributed by atoms with Crippen molar-refractivity contribution in [3.05, 3.63) is 57.5 Å². The first kappa shape index (κ1) is 21.8. The minimum atomic E-state index is 0.405. The minimum Gasteiger partial charge on any atom is -0.361 e. The fraction of sp³-hybridized carbons (Fsp3) is 0.560. The smallest absolute Gasteiger partial charge is 0.143 e. The Balaban J connectivity index is 1.36. The summed E-state index contributed by atoms with van der Waals surface area (Å²) in [6.07, 6.45) is 7.94. The van der Waals surface area contributed by atoms with Crippen LogP contribution in [-0.4, -0.2) is 5.16 Å². The van der Waals surface area contributed by atoms with E-state index in [4.69, 9.17) is 27.7 Å². The van der Waals surface area contributed by atoms with E-state index >= 15 is 0 Å². The van der Waals surface area contributed by atoms with Gasteiger partial charge in [0.1, 0.15) is 5.76 Å². The Labute approximate surface area is 190 Å². The molecule has 4 rings (SSSR count). The molecule has 2 aliphatic carbocycles. The normalized spacial score (nSPS) is 21.4. The van der Waals surface area contributed by atoms with E-state index in [0.717, 1.165) is 35.8 Å². The van der Waals surface area contributed by atoms with Crippen molar-refractivity contribution >= 4 is 28.9 Å². The molecular formula is C25H32Cl2N2O. The number of hydrogen-bond acceptors (Lipinski definition) is 3. The summed E-state index contributed by atoms with van der Waals surface area (Å²) >= 11 is 12.2. The zero-order valence-electron chi connectivity index (χ0n) is 18.2. The second-order valence-electron chi connectivity index (χ2n) is 10.3. The number of halogens is 2. The van der Waals surface area contributed by atoms with Gasteiger partial charge in [0.05, 0.1) is 16.4 Å². The SMILES string of the molecule is C=C(CCc1noc([C@H]2C[C@@H](CC(C)(C)C)C2)c1C1CC1)Nc1ccc(Cl)cc1Cl. The number of rotatable bonds is 8. The van der Waals surface area contributed by atoms with Gasteiger partial charge >= 0.3 is 0 Å². The molecule has 30 heavy (non-hydrogen) atoms. The van der Waals surface area contributed by atoms with Gasteiger partial charge in [-0.05, 0) is 80.4 Å². The quantitative estimate of drug-likeness (QED) is 0.442. The standard InChI is InChI=1S/C25H32Cl2N2O/c1-15(28-21-10-8-19(26)13-20(21)27)5-9-22-23(17-6-7-17)24(30-29-22)18-11-16(12-18)14-25(2,3)4/h8,10,13,16-18,28H,1,5-7,9,11-12,14H2,2-4H3/t16-,18+. The second kappa shape index (κ2) is 8.59. The van der Waals surface area contributed by atoms with Crippen molar-refractivity contribution in [3.8, 4) is 0 Å². The molecule has 0 unspecified atom stereocenters. The van der Waals surface area contributed by atoms with Gasteiger partial charge in [-0.15, -0.1) is 0 Å². The van der Waals surface area contributed by atoms with Gasteiger partial charge in [-0.3, -0.25) is 0 Å². The molecule has 2 aromatic rings.